The summed E-state index contributed by atoms with van der Waals surface area (Å²) < 4.78 is 5.12. The van der Waals surface area contributed by atoms with Crippen molar-refractivity contribution in [3.63, 3.8) is 0 Å². The van der Waals surface area contributed by atoms with Crippen molar-refractivity contribution in [1.82, 2.24) is 5.32 Å². The second-order valence-electron chi connectivity index (χ2n) is 6.02. The van der Waals surface area contributed by atoms with E-state index in [1.165, 1.54) is 13.1 Å². The number of rotatable bonds is 1. The Labute approximate surface area is 162 Å². The number of hydrogen-bond donors (Lipinski definition) is 2. The SMILES string of the molecule is C[NH+]1CCOCC1.N#CC1C(=O)NC(=S)C(=C=[N-])C1c1ccccc1Cl. The molecule has 26 heavy (non-hydrogen) atoms. The molecule has 2 atom stereocenters. The highest BCUT2D eigenvalue weighted by Crippen LogP contribution is 2.37. The molecule has 0 radical (unpaired) electrons. The van der Waals surface area contributed by atoms with Crippen molar-refractivity contribution in [2.24, 2.45) is 5.92 Å². The maximum absolute atomic E-state index is 11.8. The number of nitriles is 1. The molecule has 0 bridgehead atoms. The summed E-state index contributed by atoms with van der Waals surface area (Å²) in [5.74, 6) is -0.268. The highest BCUT2D eigenvalue weighted by molar-refractivity contribution is 7.80. The summed E-state index contributed by atoms with van der Waals surface area (Å²) in [4.78, 5) is 13.5. The number of hydrogen-bond acceptors (Lipinski definition) is 4. The highest BCUT2D eigenvalue weighted by Gasteiger charge is 2.39. The third-order valence-corrected chi connectivity index (χ3v) is 4.92. The van der Waals surface area contributed by atoms with E-state index in [-0.39, 0.29) is 10.6 Å². The lowest BCUT2D eigenvalue weighted by molar-refractivity contribution is -0.888. The van der Waals surface area contributed by atoms with Crippen LogP contribution in [0, 0.1) is 17.2 Å². The first kappa shape index (κ1) is 20.2. The Morgan fingerprint density at radius 3 is 2.54 bits per heavy atom. The number of quaternary nitrogens is 1. The Kier molecular flexibility index (Phi) is 7.46. The fourth-order valence-electron chi connectivity index (χ4n) is 2.75. The minimum atomic E-state index is -1.01. The van der Waals surface area contributed by atoms with Crippen LogP contribution in [0.1, 0.15) is 11.5 Å². The number of carbonyl (C=O) groups excluding carboxylic acids is 1. The first-order chi connectivity index (χ1) is 12.5. The average Bonchev–Trinajstić information content (AvgIpc) is 2.63. The summed E-state index contributed by atoms with van der Waals surface area (Å²) in [5.41, 5.74) is 0.749. The molecule has 2 aliphatic heterocycles. The van der Waals surface area contributed by atoms with Crippen LogP contribution in [0.15, 0.2) is 29.8 Å². The second kappa shape index (κ2) is 9.58. The molecule has 6 nitrogen and oxygen atoms in total. The number of morpholine rings is 1. The summed E-state index contributed by atoms with van der Waals surface area (Å²) in [5, 5.41) is 21.1. The minimum Gasteiger partial charge on any atom is -0.763 e. The van der Waals surface area contributed by atoms with Gasteiger partial charge in [-0.3, -0.25) is 10.7 Å². The molecule has 2 unspecified atom stereocenters. The summed E-state index contributed by atoms with van der Waals surface area (Å²) in [6.45, 7) is 4.26. The van der Waals surface area contributed by atoms with Gasteiger partial charge in [0.25, 0.3) is 0 Å². The van der Waals surface area contributed by atoms with Gasteiger partial charge in [0.1, 0.15) is 24.0 Å². The second-order valence-corrected chi connectivity index (χ2v) is 6.83. The Balaban J connectivity index is 0.000000290. The number of thiocarbonyl (C=S) groups is 1. The number of nitrogens with one attached hydrogen (secondary N) is 2. The van der Waals surface area contributed by atoms with E-state index >= 15 is 0 Å². The number of carbonyl (C=O) groups is 1. The number of ether oxygens (including phenoxy) is 1. The molecule has 0 aromatic heterocycles. The predicted molar refractivity (Wildman–Crippen MR) is 103 cm³/mol. The lowest BCUT2D eigenvalue weighted by Crippen LogP contribution is -3.11. The number of benzene rings is 1. The van der Waals surface area contributed by atoms with E-state index in [1.54, 1.807) is 29.2 Å². The maximum Gasteiger partial charge on any atom is 0.243 e. The van der Waals surface area contributed by atoms with Crippen LogP contribution in [0.4, 0.5) is 0 Å². The van der Waals surface area contributed by atoms with E-state index in [0.717, 1.165) is 13.2 Å². The van der Waals surface area contributed by atoms with Gasteiger partial charge in [-0.25, -0.2) is 0 Å². The fraction of sp³-hybridized carbons (Fsp3) is 0.389. The van der Waals surface area contributed by atoms with Gasteiger partial charge in [-0.2, -0.15) is 5.26 Å². The molecule has 1 amide bonds. The van der Waals surface area contributed by atoms with Crippen molar-refractivity contribution in [2.75, 3.05) is 33.4 Å². The van der Waals surface area contributed by atoms with Crippen molar-refractivity contribution in [1.29, 1.82) is 5.26 Å². The average molecular weight is 391 g/mol. The van der Waals surface area contributed by atoms with E-state index in [4.69, 9.17) is 33.8 Å². The van der Waals surface area contributed by atoms with Crippen molar-refractivity contribution >= 4 is 40.6 Å². The van der Waals surface area contributed by atoms with Crippen molar-refractivity contribution in [2.45, 2.75) is 5.92 Å². The zero-order chi connectivity index (χ0) is 19.1. The maximum atomic E-state index is 11.8. The van der Waals surface area contributed by atoms with Crippen LogP contribution in [-0.2, 0) is 9.53 Å². The summed E-state index contributed by atoms with van der Waals surface area (Å²) in [6, 6.07) is 8.72. The Hall–Kier alpha value is -2.07. The smallest absolute Gasteiger partial charge is 0.243 e. The fourth-order valence-corrected chi connectivity index (χ4v) is 3.28. The monoisotopic (exact) mass is 390 g/mol. The number of piperidine rings is 1. The summed E-state index contributed by atoms with van der Waals surface area (Å²) in [6.07, 6.45) is 0. The van der Waals surface area contributed by atoms with Crippen LogP contribution < -0.4 is 10.2 Å². The third-order valence-electron chi connectivity index (χ3n) is 4.25. The first-order valence-corrected chi connectivity index (χ1v) is 8.93. The standard InChI is InChI=1S/C13H7ClN3OS.C5H11NO/c14-10-4-2-1-3-7(10)11-8(5-15)12(18)17-13(19)9(11)6-16;1-6-2-4-7-5-3-6/h1-4,8,11H,(H,17,18,19);2-5H2,1H3/q-1;/p+1. The predicted octanol–water partition coefficient (Wildman–Crippen LogP) is 0.717. The minimum absolute atomic E-state index is 0.0592. The first-order valence-electron chi connectivity index (χ1n) is 8.14. The molecule has 136 valence electrons. The van der Waals surface area contributed by atoms with Crippen LogP contribution in [0.3, 0.4) is 0 Å². The molecule has 3 rings (SSSR count). The molecule has 8 heteroatoms. The van der Waals surface area contributed by atoms with E-state index in [1.807, 2.05) is 11.9 Å². The van der Waals surface area contributed by atoms with E-state index in [2.05, 4.69) is 12.4 Å². The number of amides is 1. The van der Waals surface area contributed by atoms with Crippen molar-refractivity contribution in [3.05, 3.63) is 45.8 Å². The molecule has 2 aliphatic rings. The zero-order valence-electron chi connectivity index (χ0n) is 14.3. The van der Waals surface area contributed by atoms with Gasteiger partial charge in [0, 0.05) is 16.5 Å². The largest absolute Gasteiger partial charge is 0.763 e. The lowest BCUT2D eigenvalue weighted by Gasteiger charge is -2.30. The van der Waals surface area contributed by atoms with Crippen molar-refractivity contribution in [3.8, 4) is 6.07 Å². The molecule has 0 aliphatic carbocycles. The van der Waals surface area contributed by atoms with Gasteiger partial charge >= 0.3 is 0 Å². The number of likely N-dealkylation sites (N-methyl/N-ethyl adjacent to an activating group) is 1. The van der Waals surface area contributed by atoms with Crippen molar-refractivity contribution < 1.29 is 14.4 Å². The van der Waals surface area contributed by atoms with Gasteiger partial charge in [-0.1, -0.05) is 42.0 Å². The van der Waals surface area contributed by atoms with Gasteiger partial charge in [0.05, 0.1) is 26.3 Å². The molecule has 0 saturated carbocycles. The van der Waals surface area contributed by atoms with Gasteiger partial charge in [0.2, 0.25) is 5.91 Å². The van der Waals surface area contributed by atoms with Crippen LogP contribution >= 0.6 is 23.8 Å². The number of halogens is 1. The zero-order valence-corrected chi connectivity index (χ0v) is 15.9. The molecule has 1 aromatic carbocycles. The molecule has 0 spiro atoms. The third kappa shape index (κ3) is 4.76. The van der Waals surface area contributed by atoms with E-state index in [9.17, 15) is 10.2 Å². The lowest BCUT2D eigenvalue weighted by atomic mass is 9.78. The Bertz CT molecular complexity index is 780. The molecule has 2 heterocycles. The van der Waals surface area contributed by atoms with Crippen LogP contribution in [0.2, 0.25) is 5.02 Å². The summed E-state index contributed by atoms with van der Waals surface area (Å²) in [7, 11) is 2.20. The highest BCUT2D eigenvalue weighted by atomic mass is 35.5. The number of nitrogens with zero attached hydrogens (tertiary/aromatic N) is 2. The van der Waals surface area contributed by atoms with Crippen LogP contribution in [0.25, 0.3) is 5.41 Å². The van der Waals surface area contributed by atoms with Gasteiger partial charge in [-0.05, 0) is 11.6 Å². The van der Waals surface area contributed by atoms with Gasteiger partial charge < -0.3 is 20.4 Å². The molecule has 1 aromatic rings. The molecular weight excluding hydrogens is 372 g/mol. The summed E-state index contributed by atoms with van der Waals surface area (Å²) >= 11 is 11.1. The molecular formula is C18H19ClN4O2S. The molecule has 2 fully saturated rings. The van der Waals surface area contributed by atoms with Crippen LogP contribution in [0.5, 0.6) is 0 Å². The van der Waals surface area contributed by atoms with Gasteiger partial charge in [-0.15, -0.1) is 0 Å². The normalized spacial score (nSPS) is 23.2. The van der Waals surface area contributed by atoms with E-state index in [0.29, 0.717) is 10.6 Å². The van der Waals surface area contributed by atoms with Gasteiger partial charge in [0.15, 0.2) is 0 Å². The van der Waals surface area contributed by atoms with E-state index < -0.39 is 17.7 Å². The van der Waals surface area contributed by atoms with Crippen LogP contribution in [-0.4, -0.2) is 50.1 Å². The molecule has 2 N–H and O–H groups in total. The molecule has 2 saturated heterocycles. The Morgan fingerprint density at radius 2 is 2.04 bits per heavy atom. The quantitative estimate of drug-likeness (QED) is 0.420. The Morgan fingerprint density at radius 1 is 1.38 bits per heavy atom. The topological polar surface area (TPSA) is 88.9 Å².